The van der Waals surface area contributed by atoms with Crippen molar-refractivity contribution >= 4 is 29.2 Å². The third-order valence-corrected chi connectivity index (χ3v) is 5.53. The van der Waals surface area contributed by atoms with Crippen LogP contribution >= 0.6 is 0 Å². The summed E-state index contributed by atoms with van der Waals surface area (Å²) in [6.45, 7) is 5.39. The molecule has 0 radical (unpaired) electrons. The van der Waals surface area contributed by atoms with Crippen LogP contribution in [0.1, 0.15) is 25.0 Å². The van der Waals surface area contributed by atoms with Crippen LogP contribution in [0.3, 0.4) is 0 Å². The molecule has 4 rings (SSSR count). The van der Waals surface area contributed by atoms with Gasteiger partial charge in [0.2, 0.25) is 5.91 Å². The molecule has 4 amide bonds. The molecular formula is C22H23N3O3. The molecule has 0 saturated carbocycles. The van der Waals surface area contributed by atoms with E-state index in [9.17, 15) is 14.4 Å². The largest absolute Gasteiger partial charge is 0.332 e. The van der Waals surface area contributed by atoms with E-state index in [-0.39, 0.29) is 24.4 Å². The minimum absolute atomic E-state index is 0.00309. The standard InChI is InChI=1S/C22H23N3O3/c1-14-8-10-18(11-9-14)25-16(3)21(27)23(22(25)28)13-20(26)24-15(2)12-17-6-4-5-7-19(17)24/h4-11,15-16H,12-13H2,1-3H3/t15-,16-/m1/s1. The maximum absolute atomic E-state index is 13.0. The Morgan fingerprint density at radius 1 is 1.04 bits per heavy atom. The summed E-state index contributed by atoms with van der Waals surface area (Å²) in [5.41, 5.74) is 3.70. The van der Waals surface area contributed by atoms with Gasteiger partial charge in [-0.2, -0.15) is 0 Å². The van der Waals surface area contributed by atoms with Gasteiger partial charge in [0.1, 0.15) is 12.6 Å². The van der Waals surface area contributed by atoms with Gasteiger partial charge < -0.3 is 4.90 Å². The van der Waals surface area contributed by atoms with Crippen LogP contribution in [0.15, 0.2) is 48.5 Å². The van der Waals surface area contributed by atoms with Gasteiger partial charge in [0.25, 0.3) is 5.91 Å². The first-order valence-electron chi connectivity index (χ1n) is 9.49. The Labute approximate surface area is 164 Å². The van der Waals surface area contributed by atoms with Crippen LogP contribution in [0.2, 0.25) is 0 Å². The van der Waals surface area contributed by atoms with Crippen molar-refractivity contribution in [3.8, 4) is 0 Å². The zero-order valence-electron chi connectivity index (χ0n) is 16.3. The lowest BCUT2D eigenvalue weighted by Crippen LogP contribution is -2.45. The molecule has 144 valence electrons. The van der Waals surface area contributed by atoms with E-state index in [2.05, 4.69) is 0 Å². The van der Waals surface area contributed by atoms with Crippen molar-refractivity contribution in [1.82, 2.24) is 4.90 Å². The lowest BCUT2D eigenvalue weighted by Gasteiger charge is -2.25. The first-order chi connectivity index (χ1) is 13.4. The number of nitrogens with zero attached hydrogens (tertiary/aromatic N) is 3. The molecule has 6 nitrogen and oxygen atoms in total. The summed E-state index contributed by atoms with van der Waals surface area (Å²) in [5.74, 6) is -0.587. The van der Waals surface area contributed by atoms with Gasteiger partial charge in [-0.1, -0.05) is 35.9 Å². The fourth-order valence-electron chi connectivity index (χ4n) is 4.07. The predicted octanol–water partition coefficient (Wildman–Crippen LogP) is 3.13. The third kappa shape index (κ3) is 2.85. The molecule has 0 unspecified atom stereocenters. The molecule has 0 aliphatic carbocycles. The highest BCUT2D eigenvalue weighted by atomic mass is 16.2. The van der Waals surface area contributed by atoms with E-state index in [1.165, 1.54) is 4.90 Å². The highest BCUT2D eigenvalue weighted by Gasteiger charge is 2.45. The van der Waals surface area contributed by atoms with Gasteiger partial charge in [-0.15, -0.1) is 0 Å². The second-order valence-electron chi connectivity index (χ2n) is 7.53. The summed E-state index contributed by atoms with van der Waals surface area (Å²) in [6.07, 6.45) is 0.774. The minimum Gasteiger partial charge on any atom is -0.307 e. The molecular weight excluding hydrogens is 354 g/mol. The Bertz CT molecular complexity index is 954. The van der Waals surface area contributed by atoms with Crippen molar-refractivity contribution < 1.29 is 14.4 Å². The lowest BCUT2D eigenvalue weighted by molar-refractivity contribution is -0.131. The van der Waals surface area contributed by atoms with Crippen molar-refractivity contribution in [3.63, 3.8) is 0 Å². The van der Waals surface area contributed by atoms with Crippen molar-refractivity contribution in [2.45, 2.75) is 39.3 Å². The van der Waals surface area contributed by atoms with Crippen molar-refractivity contribution in [2.24, 2.45) is 0 Å². The summed E-state index contributed by atoms with van der Waals surface area (Å²) in [6, 6.07) is 14.1. The third-order valence-electron chi connectivity index (χ3n) is 5.53. The molecule has 0 bridgehead atoms. The van der Waals surface area contributed by atoms with Gasteiger partial charge >= 0.3 is 6.03 Å². The van der Waals surface area contributed by atoms with Crippen LogP contribution in [0, 0.1) is 6.92 Å². The normalized spacial score (nSPS) is 21.5. The molecule has 6 heteroatoms. The summed E-state index contributed by atoms with van der Waals surface area (Å²) in [5, 5.41) is 0. The van der Waals surface area contributed by atoms with Crippen molar-refractivity contribution in [1.29, 1.82) is 0 Å². The van der Waals surface area contributed by atoms with Gasteiger partial charge in [0.15, 0.2) is 0 Å². The number of carbonyl (C=O) groups excluding carboxylic acids is 3. The Morgan fingerprint density at radius 3 is 2.43 bits per heavy atom. The lowest BCUT2D eigenvalue weighted by atomic mass is 10.1. The number of anilines is 2. The Kier molecular flexibility index (Phi) is 4.41. The maximum atomic E-state index is 13.0. The van der Waals surface area contributed by atoms with Crippen LogP contribution in [-0.4, -0.2) is 41.4 Å². The van der Waals surface area contributed by atoms with Crippen LogP contribution in [-0.2, 0) is 16.0 Å². The second-order valence-corrected chi connectivity index (χ2v) is 7.53. The predicted molar refractivity (Wildman–Crippen MR) is 107 cm³/mol. The molecule has 1 saturated heterocycles. The van der Waals surface area contributed by atoms with Gasteiger partial charge in [-0.25, -0.2) is 4.79 Å². The van der Waals surface area contributed by atoms with Crippen LogP contribution < -0.4 is 9.80 Å². The van der Waals surface area contributed by atoms with Crippen LogP contribution in [0.25, 0.3) is 0 Å². The van der Waals surface area contributed by atoms with Gasteiger partial charge in [-0.3, -0.25) is 19.4 Å². The molecule has 1 fully saturated rings. The quantitative estimate of drug-likeness (QED) is 0.772. The molecule has 0 aromatic heterocycles. The number of para-hydroxylation sites is 1. The highest BCUT2D eigenvalue weighted by Crippen LogP contribution is 2.32. The molecule has 2 aromatic carbocycles. The van der Waals surface area contributed by atoms with Crippen LogP contribution in [0.5, 0.6) is 0 Å². The summed E-state index contributed by atoms with van der Waals surface area (Å²) >= 11 is 0. The van der Waals surface area contributed by atoms with Crippen molar-refractivity contribution in [3.05, 3.63) is 59.7 Å². The van der Waals surface area contributed by atoms with Gasteiger partial charge in [0, 0.05) is 17.4 Å². The van der Waals surface area contributed by atoms with E-state index < -0.39 is 12.1 Å². The number of aryl methyl sites for hydroxylation is 1. The number of imide groups is 1. The molecule has 2 aliphatic rings. The first kappa shape index (κ1) is 18.2. The molecule has 2 aliphatic heterocycles. The second kappa shape index (κ2) is 6.78. The first-order valence-corrected chi connectivity index (χ1v) is 9.49. The van der Waals surface area contributed by atoms with E-state index >= 15 is 0 Å². The number of benzene rings is 2. The van der Waals surface area contributed by atoms with E-state index in [4.69, 9.17) is 0 Å². The number of amides is 4. The zero-order valence-corrected chi connectivity index (χ0v) is 16.3. The summed E-state index contributed by atoms with van der Waals surface area (Å²) in [7, 11) is 0. The molecule has 28 heavy (non-hydrogen) atoms. The van der Waals surface area contributed by atoms with E-state index in [0.29, 0.717) is 5.69 Å². The molecule has 2 heterocycles. The number of hydrogen-bond acceptors (Lipinski definition) is 3. The molecule has 2 aromatic rings. The van der Waals surface area contributed by atoms with E-state index in [1.807, 2.05) is 62.4 Å². The average molecular weight is 377 g/mol. The number of fused-ring (bicyclic) bond motifs is 1. The molecule has 0 spiro atoms. The molecule has 0 N–H and O–H groups in total. The number of carbonyl (C=O) groups is 3. The number of rotatable bonds is 3. The fourth-order valence-corrected chi connectivity index (χ4v) is 4.07. The van der Waals surface area contributed by atoms with Gasteiger partial charge in [-0.05, 0) is 51.0 Å². The zero-order chi connectivity index (χ0) is 20.0. The minimum atomic E-state index is -0.633. The average Bonchev–Trinajstić information content (AvgIpc) is 3.11. The highest BCUT2D eigenvalue weighted by molar-refractivity contribution is 6.16. The SMILES string of the molecule is Cc1ccc(N2C(=O)N(CC(=O)N3c4ccccc4C[C@H]3C)C(=O)[C@H]2C)cc1. The Morgan fingerprint density at radius 2 is 1.71 bits per heavy atom. The van der Waals surface area contributed by atoms with E-state index in [1.54, 1.807) is 11.8 Å². The topological polar surface area (TPSA) is 60.9 Å². The van der Waals surface area contributed by atoms with Crippen molar-refractivity contribution in [2.75, 3.05) is 16.3 Å². The number of hydrogen-bond donors (Lipinski definition) is 0. The summed E-state index contributed by atoms with van der Waals surface area (Å²) in [4.78, 5) is 42.9. The monoisotopic (exact) mass is 377 g/mol. The molecule has 2 atom stereocenters. The summed E-state index contributed by atoms with van der Waals surface area (Å²) < 4.78 is 0. The Balaban J connectivity index is 1.56. The smallest absolute Gasteiger partial charge is 0.307 e. The Hall–Kier alpha value is -3.15. The van der Waals surface area contributed by atoms with Gasteiger partial charge in [0.05, 0.1) is 0 Å². The van der Waals surface area contributed by atoms with Crippen LogP contribution in [0.4, 0.5) is 16.2 Å². The maximum Gasteiger partial charge on any atom is 0.332 e. The fraction of sp³-hybridized carbons (Fsp3) is 0.318. The number of urea groups is 1. The van der Waals surface area contributed by atoms with E-state index in [0.717, 1.165) is 28.1 Å².